The van der Waals surface area contributed by atoms with Gasteiger partial charge in [-0.3, -0.25) is 0 Å². The second-order valence-electron chi connectivity index (χ2n) is 4.16. The van der Waals surface area contributed by atoms with Crippen LogP contribution in [-0.4, -0.2) is 29.6 Å². The number of hydrogen-bond acceptors (Lipinski definition) is 5. The molecule has 0 aliphatic heterocycles. The molecule has 0 aromatic carbocycles. The normalized spacial score (nSPS) is 10.2. The lowest BCUT2D eigenvalue weighted by atomic mass is 10.2. The number of methoxy groups -OCH3 is 1. The molecule has 5 nitrogen and oxygen atoms in total. The number of nitrogens with zero attached hydrogens (tertiary/aromatic N) is 2. The second kappa shape index (κ2) is 7.63. The van der Waals surface area contributed by atoms with Crippen LogP contribution in [0.15, 0.2) is 6.20 Å². The SMILES string of the molecule is CCCCCCNc1nc(C)ncc1C(=O)OC. The van der Waals surface area contributed by atoms with Gasteiger partial charge in [-0.05, 0) is 13.3 Å². The number of carbonyl (C=O) groups is 1. The fourth-order valence-corrected chi connectivity index (χ4v) is 1.62. The Morgan fingerprint density at radius 1 is 1.39 bits per heavy atom. The van der Waals surface area contributed by atoms with Gasteiger partial charge in [0.1, 0.15) is 17.2 Å². The van der Waals surface area contributed by atoms with Crippen LogP contribution in [-0.2, 0) is 4.74 Å². The first-order valence-corrected chi connectivity index (χ1v) is 6.34. The summed E-state index contributed by atoms with van der Waals surface area (Å²) in [6.07, 6.45) is 6.19. The molecular weight excluding hydrogens is 230 g/mol. The molecule has 0 aliphatic carbocycles. The molecule has 1 rings (SSSR count). The van der Waals surface area contributed by atoms with Crippen LogP contribution in [0.2, 0.25) is 0 Å². The molecule has 0 unspecified atom stereocenters. The fraction of sp³-hybridized carbons (Fsp3) is 0.615. The lowest BCUT2D eigenvalue weighted by Crippen LogP contribution is -2.12. The van der Waals surface area contributed by atoms with Gasteiger partial charge in [0.15, 0.2) is 0 Å². The average molecular weight is 251 g/mol. The van der Waals surface area contributed by atoms with Crippen LogP contribution in [0.4, 0.5) is 5.82 Å². The molecule has 0 fully saturated rings. The zero-order valence-electron chi connectivity index (χ0n) is 11.3. The molecule has 1 aromatic heterocycles. The predicted octanol–water partition coefficient (Wildman–Crippen LogP) is 2.56. The Bertz CT molecular complexity index is 394. The van der Waals surface area contributed by atoms with Crippen molar-refractivity contribution in [2.24, 2.45) is 0 Å². The molecule has 0 radical (unpaired) electrons. The Hall–Kier alpha value is -1.65. The topological polar surface area (TPSA) is 64.1 Å². The number of hydrogen-bond donors (Lipinski definition) is 1. The van der Waals surface area contributed by atoms with E-state index in [1.165, 1.54) is 32.6 Å². The molecule has 0 atom stereocenters. The summed E-state index contributed by atoms with van der Waals surface area (Å²) in [5.74, 6) is 0.788. The van der Waals surface area contributed by atoms with Crippen LogP contribution < -0.4 is 5.32 Å². The van der Waals surface area contributed by atoms with E-state index in [0.29, 0.717) is 17.2 Å². The molecule has 0 amide bonds. The number of unbranched alkanes of at least 4 members (excludes halogenated alkanes) is 3. The predicted molar refractivity (Wildman–Crippen MR) is 70.7 cm³/mol. The molecule has 0 spiro atoms. The number of carbonyl (C=O) groups excluding carboxylic acids is 1. The number of esters is 1. The van der Waals surface area contributed by atoms with E-state index in [0.717, 1.165) is 13.0 Å². The van der Waals surface area contributed by atoms with Crippen molar-refractivity contribution < 1.29 is 9.53 Å². The lowest BCUT2D eigenvalue weighted by molar-refractivity contribution is 0.0601. The molecule has 0 saturated heterocycles. The van der Waals surface area contributed by atoms with Gasteiger partial charge >= 0.3 is 5.97 Å². The van der Waals surface area contributed by atoms with Gasteiger partial charge in [-0.25, -0.2) is 14.8 Å². The van der Waals surface area contributed by atoms with E-state index in [1.807, 2.05) is 0 Å². The van der Waals surface area contributed by atoms with Crippen molar-refractivity contribution in [2.45, 2.75) is 39.5 Å². The van der Waals surface area contributed by atoms with E-state index >= 15 is 0 Å². The third kappa shape index (κ3) is 4.31. The summed E-state index contributed by atoms with van der Waals surface area (Å²) in [6, 6.07) is 0. The monoisotopic (exact) mass is 251 g/mol. The van der Waals surface area contributed by atoms with Crippen LogP contribution in [0.3, 0.4) is 0 Å². The second-order valence-corrected chi connectivity index (χ2v) is 4.16. The van der Waals surface area contributed by atoms with Crippen molar-refractivity contribution in [1.29, 1.82) is 0 Å². The number of ether oxygens (including phenoxy) is 1. The lowest BCUT2D eigenvalue weighted by Gasteiger charge is -2.09. The highest BCUT2D eigenvalue weighted by Gasteiger charge is 2.13. The zero-order valence-corrected chi connectivity index (χ0v) is 11.3. The van der Waals surface area contributed by atoms with Gasteiger partial charge in [0.25, 0.3) is 0 Å². The molecule has 0 bridgehead atoms. The number of aryl methyl sites for hydroxylation is 1. The van der Waals surface area contributed by atoms with E-state index in [9.17, 15) is 4.79 Å². The van der Waals surface area contributed by atoms with Gasteiger partial charge < -0.3 is 10.1 Å². The number of nitrogens with one attached hydrogen (secondary N) is 1. The van der Waals surface area contributed by atoms with Crippen LogP contribution in [0, 0.1) is 6.92 Å². The fourth-order valence-electron chi connectivity index (χ4n) is 1.62. The van der Waals surface area contributed by atoms with Gasteiger partial charge in [0, 0.05) is 12.7 Å². The standard InChI is InChI=1S/C13H21N3O2/c1-4-5-6-7-8-14-12-11(13(17)18-3)9-15-10(2)16-12/h9H,4-8H2,1-3H3,(H,14,15,16). The van der Waals surface area contributed by atoms with E-state index < -0.39 is 5.97 Å². The van der Waals surface area contributed by atoms with Crippen molar-refractivity contribution >= 4 is 11.8 Å². The minimum absolute atomic E-state index is 0.388. The van der Waals surface area contributed by atoms with Crippen LogP contribution in [0.1, 0.15) is 48.8 Å². The van der Waals surface area contributed by atoms with Gasteiger partial charge in [-0.2, -0.15) is 0 Å². The third-order valence-electron chi connectivity index (χ3n) is 2.64. The van der Waals surface area contributed by atoms with Crippen molar-refractivity contribution in [2.75, 3.05) is 19.0 Å². The van der Waals surface area contributed by atoms with Crippen molar-refractivity contribution in [3.63, 3.8) is 0 Å². The summed E-state index contributed by atoms with van der Waals surface area (Å²) < 4.78 is 4.70. The molecule has 1 aromatic rings. The van der Waals surface area contributed by atoms with Crippen molar-refractivity contribution in [3.8, 4) is 0 Å². The largest absolute Gasteiger partial charge is 0.465 e. The summed E-state index contributed by atoms with van der Waals surface area (Å²) in [7, 11) is 1.35. The Labute approximate surface area is 108 Å². The van der Waals surface area contributed by atoms with E-state index in [4.69, 9.17) is 4.74 Å². The molecule has 1 N–H and O–H groups in total. The molecule has 1 heterocycles. The maximum atomic E-state index is 11.5. The molecule has 100 valence electrons. The highest BCUT2D eigenvalue weighted by atomic mass is 16.5. The van der Waals surface area contributed by atoms with Crippen LogP contribution in [0.5, 0.6) is 0 Å². The number of anilines is 1. The number of aromatic nitrogens is 2. The number of rotatable bonds is 7. The molecule has 18 heavy (non-hydrogen) atoms. The summed E-state index contributed by atoms with van der Waals surface area (Å²) in [6.45, 7) is 4.78. The van der Waals surface area contributed by atoms with Gasteiger partial charge in [-0.15, -0.1) is 0 Å². The Morgan fingerprint density at radius 2 is 2.17 bits per heavy atom. The quantitative estimate of drug-likeness (QED) is 0.596. The molecule has 0 aliphatic rings. The highest BCUT2D eigenvalue weighted by molar-refractivity contribution is 5.94. The summed E-state index contributed by atoms with van der Waals surface area (Å²) >= 11 is 0. The van der Waals surface area contributed by atoms with Gasteiger partial charge in [-0.1, -0.05) is 26.2 Å². The molecule has 0 saturated carbocycles. The first-order chi connectivity index (χ1) is 8.69. The summed E-state index contributed by atoms with van der Waals surface area (Å²) in [5, 5.41) is 3.18. The maximum absolute atomic E-state index is 11.5. The first kappa shape index (κ1) is 14.4. The summed E-state index contributed by atoms with van der Waals surface area (Å²) in [5.41, 5.74) is 0.388. The summed E-state index contributed by atoms with van der Waals surface area (Å²) in [4.78, 5) is 19.8. The van der Waals surface area contributed by atoms with Crippen LogP contribution >= 0.6 is 0 Å². The van der Waals surface area contributed by atoms with E-state index in [1.54, 1.807) is 6.92 Å². The zero-order chi connectivity index (χ0) is 13.4. The minimum Gasteiger partial charge on any atom is -0.465 e. The minimum atomic E-state index is -0.411. The van der Waals surface area contributed by atoms with Gasteiger partial charge in [0.2, 0.25) is 0 Å². The van der Waals surface area contributed by atoms with E-state index in [-0.39, 0.29) is 0 Å². The highest BCUT2D eigenvalue weighted by Crippen LogP contribution is 2.13. The van der Waals surface area contributed by atoms with E-state index in [2.05, 4.69) is 22.2 Å². The molecular formula is C13H21N3O2. The van der Waals surface area contributed by atoms with Gasteiger partial charge in [0.05, 0.1) is 7.11 Å². The maximum Gasteiger partial charge on any atom is 0.343 e. The Morgan fingerprint density at radius 3 is 2.83 bits per heavy atom. The first-order valence-electron chi connectivity index (χ1n) is 6.34. The van der Waals surface area contributed by atoms with Crippen molar-refractivity contribution in [3.05, 3.63) is 17.6 Å². The Kier molecular flexibility index (Phi) is 6.11. The smallest absolute Gasteiger partial charge is 0.343 e. The van der Waals surface area contributed by atoms with Crippen molar-refractivity contribution in [1.82, 2.24) is 9.97 Å². The third-order valence-corrected chi connectivity index (χ3v) is 2.64. The van der Waals surface area contributed by atoms with Crippen LogP contribution in [0.25, 0.3) is 0 Å². The Balaban J connectivity index is 2.62. The molecule has 5 heteroatoms. The average Bonchev–Trinajstić information content (AvgIpc) is 2.38.